The van der Waals surface area contributed by atoms with Gasteiger partial charge in [0, 0.05) is 0 Å². The van der Waals surface area contributed by atoms with Gasteiger partial charge in [-0.2, -0.15) is 0 Å². The van der Waals surface area contributed by atoms with Crippen molar-refractivity contribution in [2.45, 2.75) is 129 Å². The summed E-state index contributed by atoms with van der Waals surface area (Å²) in [6.07, 6.45) is 25.1. The number of aryl methyl sites for hydroxylation is 1. The molecule has 0 saturated carbocycles. The van der Waals surface area contributed by atoms with E-state index in [1.807, 2.05) is 0 Å². The van der Waals surface area contributed by atoms with Gasteiger partial charge in [-0.1, -0.05) is 104 Å². The number of aldehydes is 1. The zero-order valence-corrected chi connectivity index (χ0v) is 19.0. The van der Waals surface area contributed by atoms with E-state index < -0.39 is 0 Å². The van der Waals surface area contributed by atoms with Crippen LogP contribution in [0.15, 0.2) is 5.38 Å². The number of carbonyl (C=O) groups is 1. The van der Waals surface area contributed by atoms with Gasteiger partial charge in [-0.15, -0.1) is 11.3 Å². The van der Waals surface area contributed by atoms with Crippen molar-refractivity contribution in [3.05, 3.63) is 21.4 Å². The molecule has 1 aromatic heterocycles. The van der Waals surface area contributed by atoms with Crippen LogP contribution < -0.4 is 0 Å². The van der Waals surface area contributed by atoms with E-state index in [2.05, 4.69) is 19.2 Å². The van der Waals surface area contributed by atoms with Gasteiger partial charge in [0.2, 0.25) is 0 Å². The minimum Gasteiger partial charge on any atom is -0.297 e. The van der Waals surface area contributed by atoms with Crippen molar-refractivity contribution in [3.63, 3.8) is 0 Å². The predicted molar refractivity (Wildman–Crippen MR) is 122 cm³/mol. The Bertz CT molecular complexity index is 463. The second-order valence-corrected chi connectivity index (χ2v) is 9.08. The van der Waals surface area contributed by atoms with Crippen molar-refractivity contribution in [3.8, 4) is 0 Å². The first-order valence-corrected chi connectivity index (χ1v) is 12.8. The molecule has 156 valence electrons. The third-order valence-electron chi connectivity index (χ3n) is 5.70. The first-order valence-electron chi connectivity index (χ1n) is 11.9. The molecular weight excluding hydrogens is 348 g/mol. The molecule has 1 nitrogen and oxygen atoms in total. The lowest BCUT2D eigenvalue weighted by molar-refractivity contribution is 0.112. The Morgan fingerprint density at radius 2 is 1.11 bits per heavy atom. The molecule has 2 heteroatoms. The minimum atomic E-state index is 0.993. The number of carbonyl (C=O) groups excluding carboxylic acids is 1. The highest BCUT2D eigenvalue weighted by atomic mass is 32.1. The fourth-order valence-electron chi connectivity index (χ4n) is 3.91. The Morgan fingerprint density at radius 1 is 0.667 bits per heavy atom. The average Bonchev–Trinajstić information content (AvgIpc) is 3.08. The zero-order valence-electron chi connectivity index (χ0n) is 18.2. The molecule has 0 N–H and O–H groups in total. The second-order valence-electron chi connectivity index (χ2n) is 8.17. The minimum absolute atomic E-state index is 0.993. The van der Waals surface area contributed by atoms with Crippen LogP contribution in [0.5, 0.6) is 0 Å². The van der Waals surface area contributed by atoms with Crippen LogP contribution in [0.25, 0.3) is 0 Å². The van der Waals surface area contributed by atoms with Gasteiger partial charge < -0.3 is 0 Å². The van der Waals surface area contributed by atoms with Gasteiger partial charge in [0.05, 0.1) is 4.88 Å². The molecule has 1 heterocycles. The molecule has 0 aliphatic heterocycles. The van der Waals surface area contributed by atoms with Gasteiger partial charge in [0.25, 0.3) is 0 Å². The van der Waals surface area contributed by atoms with Crippen LogP contribution in [0, 0.1) is 0 Å². The molecule has 0 aliphatic carbocycles. The Labute approximate surface area is 173 Å². The van der Waals surface area contributed by atoms with E-state index in [0.29, 0.717) is 0 Å². The van der Waals surface area contributed by atoms with E-state index in [9.17, 15) is 4.79 Å². The van der Waals surface area contributed by atoms with Gasteiger partial charge in [-0.25, -0.2) is 0 Å². The zero-order chi connectivity index (χ0) is 19.6. The van der Waals surface area contributed by atoms with Crippen LogP contribution >= 0.6 is 11.3 Å². The summed E-state index contributed by atoms with van der Waals surface area (Å²) in [6.45, 7) is 4.55. The molecule has 27 heavy (non-hydrogen) atoms. The first-order chi connectivity index (χ1) is 13.3. The van der Waals surface area contributed by atoms with Gasteiger partial charge in [0.15, 0.2) is 6.29 Å². The highest BCUT2D eigenvalue weighted by molar-refractivity contribution is 7.12. The lowest BCUT2D eigenvalue weighted by Gasteiger charge is -2.07. The molecule has 0 atom stereocenters. The van der Waals surface area contributed by atoms with Crippen LogP contribution in [0.2, 0.25) is 0 Å². The fraction of sp³-hybridized carbons (Fsp3) is 0.800. The van der Waals surface area contributed by atoms with Crippen molar-refractivity contribution >= 4 is 17.6 Å². The first kappa shape index (κ1) is 24.4. The summed E-state index contributed by atoms with van der Waals surface area (Å²) >= 11 is 1.66. The fourth-order valence-corrected chi connectivity index (χ4v) is 4.87. The molecule has 0 bridgehead atoms. The molecule has 0 unspecified atom stereocenters. The molecule has 0 fully saturated rings. The smallest absolute Gasteiger partial charge is 0.160 e. The van der Waals surface area contributed by atoms with Crippen LogP contribution in [-0.4, -0.2) is 6.29 Å². The van der Waals surface area contributed by atoms with Crippen molar-refractivity contribution in [2.75, 3.05) is 0 Å². The predicted octanol–water partition coefficient (Wildman–Crippen LogP) is 8.93. The highest BCUT2D eigenvalue weighted by Gasteiger charge is 2.10. The van der Waals surface area contributed by atoms with Crippen molar-refractivity contribution in [1.29, 1.82) is 0 Å². The SMILES string of the molecule is CCCCCCCCCCc1csc(C=O)c1CCCCCCCCCC. The van der Waals surface area contributed by atoms with Crippen LogP contribution in [0.3, 0.4) is 0 Å². The lowest BCUT2D eigenvalue weighted by Crippen LogP contribution is -1.95. The summed E-state index contributed by atoms with van der Waals surface area (Å²) in [7, 11) is 0. The molecule has 0 amide bonds. The van der Waals surface area contributed by atoms with E-state index in [1.165, 1.54) is 120 Å². The number of hydrogen-bond donors (Lipinski definition) is 0. The maximum Gasteiger partial charge on any atom is 0.160 e. The largest absolute Gasteiger partial charge is 0.297 e. The third kappa shape index (κ3) is 11.7. The van der Waals surface area contributed by atoms with Crippen molar-refractivity contribution < 1.29 is 4.79 Å². The lowest BCUT2D eigenvalue weighted by atomic mass is 9.98. The van der Waals surface area contributed by atoms with Crippen LogP contribution in [-0.2, 0) is 12.8 Å². The topological polar surface area (TPSA) is 17.1 Å². The number of hydrogen-bond acceptors (Lipinski definition) is 2. The summed E-state index contributed by atoms with van der Waals surface area (Å²) in [5.74, 6) is 0. The standard InChI is InChI=1S/C25H44OS/c1-3-5-7-9-11-13-15-17-19-23-22-27-25(21-26)24(23)20-18-16-14-12-10-8-6-4-2/h21-22H,3-20H2,1-2H3. The summed E-state index contributed by atoms with van der Waals surface area (Å²) in [4.78, 5) is 12.4. The number of thiophene rings is 1. The van der Waals surface area contributed by atoms with E-state index >= 15 is 0 Å². The number of unbranched alkanes of at least 4 members (excludes halogenated alkanes) is 14. The summed E-state index contributed by atoms with van der Waals surface area (Å²) in [5.41, 5.74) is 2.85. The number of rotatable bonds is 19. The second kappa shape index (κ2) is 17.5. The van der Waals surface area contributed by atoms with Gasteiger partial charge >= 0.3 is 0 Å². The van der Waals surface area contributed by atoms with Gasteiger partial charge in [-0.05, 0) is 42.2 Å². The maximum absolute atomic E-state index is 11.4. The van der Waals surface area contributed by atoms with Crippen molar-refractivity contribution in [1.82, 2.24) is 0 Å². The average molecular weight is 393 g/mol. The maximum atomic E-state index is 11.4. The van der Waals surface area contributed by atoms with Crippen LogP contribution in [0.1, 0.15) is 137 Å². The molecular formula is C25H44OS. The third-order valence-corrected chi connectivity index (χ3v) is 6.70. The van der Waals surface area contributed by atoms with Crippen LogP contribution in [0.4, 0.5) is 0 Å². The summed E-state index contributed by atoms with van der Waals surface area (Å²) < 4.78 is 0. The Hall–Kier alpha value is -0.630. The molecule has 1 rings (SSSR count). The van der Waals surface area contributed by atoms with E-state index in [0.717, 1.165) is 17.6 Å². The Morgan fingerprint density at radius 3 is 1.59 bits per heavy atom. The molecule has 1 aromatic rings. The summed E-state index contributed by atoms with van der Waals surface area (Å²) in [6, 6.07) is 0. The quantitative estimate of drug-likeness (QED) is 0.170. The van der Waals surface area contributed by atoms with E-state index in [-0.39, 0.29) is 0 Å². The van der Waals surface area contributed by atoms with E-state index in [1.54, 1.807) is 11.3 Å². The molecule has 0 spiro atoms. The summed E-state index contributed by atoms with van der Waals surface area (Å²) in [5, 5.41) is 2.26. The Kier molecular flexibility index (Phi) is 15.8. The molecule has 0 radical (unpaired) electrons. The molecule has 0 aliphatic rings. The van der Waals surface area contributed by atoms with Gasteiger partial charge in [-0.3, -0.25) is 4.79 Å². The van der Waals surface area contributed by atoms with E-state index in [4.69, 9.17) is 0 Å². The molecule has 0 aromatic carbocycles. The Balaban J connectivity index is 2.20. The normalized spacial score (nSPS) is 11.2. The van der Waals surface area contributed by atoms with Crippen molar-refractivity contribution in [2.24, 2.45) is 0 Å². The van der Waals surface area contributed by atoms with Gasteiger partial charge in [0.1, 0.15) is 0 Å². The molecule has 0 saturated heterocycles. The monoisotopic (exact) mass is 392 g/mol. The highest BCUT2D eigenvalue weighted by Crippen LogP contribution is 2.25.